The minimum absolute atomic E-state index is 0.118. The van der Waals surface area contributed by atoms with Gasteiger partial charge in [0.2, 0.25) is 0 Å². The first-order chi connectivity index (χ1) is 12.9. The molecule has 1 aliphatic rings. The van der Waals surface area contributed by atoms with Gasteiger partial charge in [0.1, 0.15) is 17.5 Å². The van der Waals surface area contributed by atoms with Crippen LogP contribution in [-0.2, 0) is 4.74 Å². The predicted molar refractivity (Wildman–Crippen MR) is 111 cm³/mol. The average Bonchev–Trinajstić information content (AvgIpc) is 3.15. The van der Waals surface area contributed by atoms with Gasteiger partial charge in [-0.2, -0.15) is 5.26 Å². The Balaban J connectivity index is 0.000000203. The average molecular weight is 453 g/mol. The van der Waals surface area contributed by atoms with Gasteiger partial charge in [-0.15, -0.1) is 0 Å². The molecule has 0 aliphatic carbocycles. The Morgan fingerprint density at radius 2 is 2.11 bits per heavy atom. The van der Waals surface area contributed by atoms with E-state index in [0.717, 1.165) is 29.6 Å². The third kappa shape index (κ3) is 5.03. The number of fused-ring (bicyclic) bond motifs is 1. The molecular formula is C20H26BrFN4O2. The fourth-order valence-corrected chi connectivity index (χ4v) is 3.55. The highest BCUT2D eigenvalue weighted by Gasteiger charge is 2.27. The zero-order valence-electron chi connectivity index (χ0n) is 16.8. The van der Waals surface area contributed by atoms with Crippen molar-refractivity contribution in [2.45, 2.75) is 52.7 Å². The molecule has 1 saturated heterocycles. The lowest BCUT2D eigenvalue weighted by Crippen LogP contribution is -2.36. The van der Waals surface area contributed by atoms with Gasteiger partial charge in [-0.1, -0.05) is 0 Å². The number of nitriles is 1. The highest BCUT2D eigenvalue weighted by molar-refractivity contribution is 9.10. The molecule has 1 amide bonds. The number of nitrogens with one attached hydrogen (secondary N) is 1. The molecule has 3 rings (SSSR count). The summed E-state index contributed by atoms with van der Waals surface area (Å²) < 4.78 is 19.1. The summed E-state index contributed by atoms with van der Waals surface area (Å²) in [5.41, 5.74) is 8.21. The Hall–Kier alpha value is -2.11. The van der Waals surface area contributed by atoms with Gasteiger partial charge in [0.15, 0.2) is 0 Å². The normalized spacial score (nSPS) is 16.5. The maximum Gasteiger partial charge on any atom is 0.410 e. The van der Waals surface area contributed by atoms with E-state index < -0.39 is 11.4 Å². The lowest BCUT2D eigenvalue weighted by atomic mass is 10.1. The molecule has 1 aliphatic heterocycles. The molecule has 3 N–H and O–H groups in total. The molecule has 1 atom stereocenters. The molecule has 0 bridgehead atoms. The Labute approximate surface area is 173 Å². The number of nitrogens with zero attached hydrogens (tertiary/aromatic N) is 2. The molecule has 0 radical (unpaired) electrons. The molecule has 28 heavy (non-hydrogen) atoms. The van der Waals surface area contributed by atoms with Crippen LogP contribution in [0.25, 0.3) is 10.9 Å². The third-order valence-electron chi connectivity index (χ3n) is 4.47. The molecular weight excluding hydrogens is 427 g/mol. The smallest absolute Gasteiger partial charge is 0.410 e. The number of likely N-dealkylation sites (tertiary alicyclic amines) is 1. The molecule has 2 heterocycles. The first-order valence-electron chi connectivity index (χ1n) is 9.05. The number of ether oxygens (including phenoxy) is 1. The second-order valence-electron chi connectivity index (χ2n) is 7.93. The third-order valence-corrected chi connectivity index (χ3v) is 5.24. The van der Waals surface area contributed by atoms with Gasteiger partial charge in [0.05, 0.1) is 15.6 Å². The van der Waals surface area contributed by atoms with Gasteiger partial charge in [-0.25, -0.2) is 9.18 Å². The van der Waals surface area contributed by atoms with Crippen molar-refractivity contribution < 1.29 is 13.9 Å². The van der Waals surface area contributed by atoms with Gasteiger partial charge in [-0.3, -0.25) is 0 Å². The van der Waals surface area contributed by atoms with Gasteiger partial charge >= 0.3 is 6.09 Å². The SMILES string of the molecule is CC(C)(C)OC(=O)N1CC[C@H](N)C1.Cc1[nH]c2c(C#N)cc(F)c(Br)c2c1C. The van der Waals surface area contributed by atoms with Crippen molar-refractivity contribution in [1.29, 1.82) is 5.26 Å². The Bertz CT molecular complexity index is 927. The monoisotopic (exact) mass is 452 g/mol. The summed E-state index contributed by atoms with van der Waals surface area (Å²) in [5, 5.41) is 9.65. The van der Waals surface area contributed by atoms with Crippen LogP contribution in [0.4, 0.5) is 9.18 Å². The summed E-state index contributed by atoms with van der Waals surface area (Å²) in [6.07, 6.45) is 0.625. The number of halogens is 2. The zero-order chi connectivity index (χ0) is 21.2. The number of hydrogen-bond acceptors (Lipinski definition) is 4. The Morgan fingerprint density at radius 3 is 2.61 bits per heavy atom. The Kier molecular flexibility index (Phi) is 6.73. The molecule has 6 nitrogen and oxygen atoms in total. The van der Waals surface area contributed by atoms with E-state index in [9.17, 15) is 9.18 Å². The number of aromatic amines is 1. The number of carbonyl (C=O) groups excluding carboxylic acids is 1. The molecule has 1 aromatic carbocycles. The molecule has 1 aromatic heterocycles. The summed E-state index contributed by atoms with van der Waals surface area (Å²) in [7, 11) is 0. The van der Waals surface area contributed by atoms with Gasteiger partial charge < -0.3 is 20.4 Å². The number of hydrogen-bond donors (Lipinski definition) is 2. The predicted octanol–water partition coefficient (Wildman–Crippen LogP) is 4.51. The van der Waals surface area contributed by atoms with Crippen LogP contribution in [-0.4, -0.2) is 40.7 Å². The first kappa shape index (κ1) is 22.2. The van der Waals surface area contributed by atoms with Crippen molar-refractivity contribution in [2.24, 2.45) is 5.73 Å². The van der Waals surface area contributed by atoms with E-state index in [-0.39, 0.29) is 12.1 Å². The number of carbonyl (C=O) groups is 1. The first-order valence-corrected chi connectivity index (χ1v) is 9.84. The minimum atomic E-state index is -0.413. The fraction of sp³-hybridized carbons (Fsp3) is 0.500. The summed E-state index contributed by atoms with van der Waals surface area (Å²) in [5.74, 6) is -0.402. The van der Waals surface area contributed by atoms with Crippen LogP contribution in [0, 0.1) is 31.0 Å². The number of aryl methyl sites for hydroxylation is 2. The molecule has 152 valence electrons. The Morgan fingerprint density at radius 1 is 1.46 bits per heavy atom. The molecule has 0 spiro atoms. The van der Waals surface area contributed by atoms with Crippen LogP contribution in [0.5, 0.6) is 0 Å². The van der Waals surface area contributed by atoms with Crippen LogP contribution in [0.3, 0.4) is 0 Å². The van der Waals surface area contributed by atoms with Crippen molar-refractivity contribution in [3.8, 4) is 6.07 Å². The highest BCUT2D eigenvalue weighted by Crippen LogP contribution is 2.33. The zero-order valence-corrected chi connectivity index (χ0v) is 18.4. The topological polar surface area (TPSA) is 95.1 Å². The molecule has 0 saturated carbocycles. The number of H-pyrrole nitrogens is 1. The lowest BCUT2D eigenvalue weighted by molar-refractivity contribution is 0.0292. The van der Waals surface area contributed by atoms with E-state index in [2.05, 4.69) is 20.9 Å². The van der Waals surface area contributed by atoms with Crippen molar-refractivity contribution in [3.05, 3.63) is 33.2 Å². The lowest BCUT2D eigenvalue weighted by Gasteiger charge is -2.24. The maximum absolute atomic E-state index is 13.5. The summed E-state index contributed by atoms with van der Waals surface area (Å²) in [6.45, 7) is 10.7. The molecule has 0 unspecified atom stereocenters. The van der Waals surface area contributed by atoms with Crippen molar-refractivity contribution >= 4 is 32.9 Å². The van der Waals surface area contributed by atoms with E-state index in [1.807, 2.05) is 40.7 Å². The van der Waals surface area contributed by atoms with Crippen LogP contribution >= 0.6 is 15.9 Å². The maximum atomic E-state index is 13.5. The molecule has 1 fully saturated rings. The van der Waals surface area contributed by atoms with Crippen LogP contribution in [0.1, 0.15) is 44.0 Å². The second-order valence-corrected chi connectivity index (χ2v) is 8.72. The number of amides is 1. The number of rotatable bonds is 0. The van der Waals surface area contributed by atoms with Crippen molar-refractivity contribution in [2.75, 3.05) is 13.1 Å². The number of nitrogens with two attached hydrogens (primary N) is 1. The van der Waals surface area contributed by atoms with E-state index in [1.165, 1.54) is 6.07 Å². The van der Waals surface area contributed by atoms with Crippen LogP contribution in [0.2, 0.25) is 0 Å². The van der Waals surface area contributed by atoms with Crippen molar-refractivity contribution in [3.63, 3.8) is 0 Å². The second kappa shape index (κ2) is 8.50. The highest BCUT2D eigenvalue weighted by atomic mass is 79.9. The fourth-order valence-electron chi connectivity index (χ4n) is 2.94. The van der Waals surface area contributed by atoms with E-state index in [4.69, 9.17) is 15.7 Å². The van der Waals surface area contributed by atoms with E-state index in [1.54, 1.807) is 4.90 Å². The molecule has 2 aromatic rings. The van der Waals surface area contributed by atoms with Crippen LogP contribution in [0.15, 0.2) is 10.5 Å². The minimum Gasteiger partial charge on any atom is -0.444 e. The summed E-state index contributed by atoms with van der Waals surface area (Å²) in [6, 6.07) is 3.34. The van der Waals surface area contributed by atoms with Gasteiger partial charge in [-0.05, 0) is 68.6 Å². The molecule has 8 heteroatoms. The largest absolute Gasteiger partial charge is 0.444 e. The quantitative estimate of drug-likeness (QED) is 0.614. The summed E-state index contributed by atoms with van der Waals surface area (Å²) in [4.78, 5) is 16.2. The standard InChI is InChI=1S/C11H8BrFN2.C9H18N2O2/c1-5-6(2)15-11-7(4-14)3-8(13)10(12)9(5)11;1-9(2,3)13-8(12)11-5-4-7(10)6-11/h3,15H,1-2H3;7H,4-6,10H2,1-3H3/t;7-/m.0/s1. The van der Waals surface area contributed by atoms with Gasteiger partial charge in [0.25, 0.3) is 0 Å². The number of benzene rings is 1. The summed E-state index contributed by atoms with van der Waals surface area (Å²) >= 11 is 3.20. The van der Waals surface area contributed by atoms with E-state index in [0.29, 0.717) is 22.1 Å². The number of aromatic nitrogens is 1. The van der Waals surface area contributed by atoms with E-state index >= 15 is 0 Å². The van der Waals surface area contributed by atoms with Gasteiger partial charge in [0, 0.05) is 30.2 Å². The van der Waals surface area contributed by atoms with Crippen LogP contribution < -0.4 is 5.73 Å². The van der Waals surface area contributed by atoms with Crippen molar-refractivity contribution in [1.82, 2.24) is 9.88 Å².